The van der Waals surface area contributed by atoms with Crippen molar-refractivity contribution in [3.8, 4) is 0 Å². The number of aromatic nitrogens is 2. The van der Waals surface area contributed by atoms with Gasteiger partial charge in [-0.05, 0) is 13.8 Å². The Morgan fingerprint density at radius 2 is 2.29 bits per heavy atom. The third kappa shape index (κ3) is 2.75. The van der Waals surface area contributed by atoms with Crippen LogP contribution in [0.5, 0.6) is 0 Å². The van der Waals surface area contributed by atoms with E-state index in [1.54, 1.807) is 0 Å². The predicted octanol–water partition coefficient (Wildman–Crippen LogP) is 1.87. The molecule has 0 N–H and O–H groups in total. The van der Waals surface area contributed by atoms with Crippen molar-refractivity contribution in [2.75, 3.05) is 13.1 Å². The molecule has 0 amide bonds. The molecule has 1 aromatic rings. The third-order valence-electron chi connectivity index (χ3n) is 3.44. The number of imidazole rings is 1. The van der Waals surface area contributed by atoms with E-state index >= 15 is 0 Å². The second kappa shape index (κ2) is 5.00. The summed E-state index contributed by atoms with van der Waals surface area (Å²) < 4.78 is 2.20. The number of Topliss-reactive ketones (excluding diaryl/α,β-unsaturated/α-hetero) is 1. The molecule has 1 unspecified atom stereocenters. The summed E-state index contributed by atoms with van der Waals surface area (Å²) in [5, 5.41) is 0. The van der Waals surface area contributed by atoms with E-state index in [0.29, 0.717) is 18.2 Å². The van der Waals surface area contributed by atoms with E-state index in [1.165, 1.54) is 5.69 Å². The van der Waals surface area contributed by atoms with Crippen LogP contribution in [0.1, 0.15) is 38.9 Å². The van der Waals surface area contributed by atoms with E-state index < -0.39 is 0 Å². The van der Waals surface area contributed by atoms with Crippen molar-refractivity contribution in [1.29, 1.82) is 0 Å². The molecule has 2 rings (SSSR count). The first-order chi connectivity index (χ1) is 8.08. The highest BCUT2D eigenvalue weighted by atomic mass is 16.1. The molecule has 0 aliphatic carbocycles. The van der Waals surface area contributed by atoms with Crippen LogP contribution >= 0.6 is 0 Å². The molecule has 1 atom stereocenters. The van der Waals surface area contributed by atoms with E-state index in [9.17, 15) is 4.79 Å². The van der Waals surface area contributed by atoms with E-state index in [-0.39, 0.29) is 5.92 Å². The fourth-order valence-electron chi connectivity index (χ4n) is 2.39. The average Bonchev–Trinajstić information content (AvgIpc) is 2.72. The number of likely N-dealkylation sites (tertiary alicyclic amines) is 1. The molecule has 1 fully saturated rings. The molecular formula is C13H21N3O. The van der Waals surface area contributed by atoms with Crippen molar-refractivity contribution in [1.82, 2.24) is 14.5 Å². The molecular weight excluding hydrogens is 214 g/mol. The zero-order valence-electron chi connectivity index (χ0n) is 10.9. The lowest BCUT2D eigenvalue weighted by Crippen LogP contribution is -2.39. The van der Waals surface area contributed by atoms with Gasteiger partial charge in [-0.1, -0.05) is 6.92 Å². The van der Waals surface area contributed by atoms with E-state index in [0.717, 1.165) is 19.6 Å². The van der Waals surface area contributed by atoms with Gasteiger partial charge in [0.15, 0.2) is 0 Å². The Morgan fingerprint density at radius 3 is 2.94 bits per heavy atom. The molecule has 94 valence electrons. The number of rotatable bonds is 3. The van der Waals surface area contributed by atoms with Gasteiger partial charge in [-0.25, -0.2) is 4.98 Å². The maximum absolute atomic E-state index is 11.5. The second-order valence-electron chi connectivity index (χ2n) is 5.24. The van der Waals surface area contributed by atoms with Crippen LogP contribution in [0.15, 0.2) is 12.5 Å². The standard InChI is InChI=1S/C13H21N3O/c1-10(2)16-9-14-6-12(16)8-15-5-4-13(17)11(3)7-15/h6,9-11H,4-5,7-8H2,1-3H3. The van der Waals surface area contributed by atoms with Crippen LogP contribution in [-0.2, 0) is 11.3 Å². The molecule has 0 radical (unpaired) electrons. The van der Waals surface area contributed by atoms with Crippen molar-refractivity contribution in [2.45, 2.75) is 39.8 Å². The van der Waals surface area contributed by atoms with Gasteiger partial charge in [-0.2, -0.15) is 0 Å². The molecule has 1 aliphatic heterocycles. The summed E-state index contributed by atoms with van der Waals surface area (Å²) in [4.78, 5) is 18.0. The fraction of sp³-hybridized carbons (Fsp3) is 0.692. The molecule has 1 aliphatic rings. The van der Waals surface area contributed by atoms with Crippen LogP contribution in [0.25, 0.3) is 0 Å². The van der Waals surface area contributed by atoms with Gasteiger partial charge in [0, 0.05) is 44.2 Å². The van der Waals surface area contributed by atoms with Gasteiger partial charge < -0.3 is 4.57 Å². The van der Waals surface area contributed by atoms with Gasteiger partial charge in [0.05, 0.1) is 12.0 Å². The minimum Gasteiger partial charge on any atom is -0.331 e. The van der Waals surface area contributed by atoms with E-state index in [1.807, 2.05) is 19.4 Å². The number of carbonyl (C=O) groups excluding carboxylic acids is 1. The highest BCUT2D eigenvalue weighted by Gasteiger charge is 2.24. The zero-order chi connectivity index (χ0) is 12.4. The van der Waals surface area contributed by atoms with Gasteiger partial charge in [0.25, 0.3) is 0 Å². The van der Waals surface area contributed by atoms with Crippen LogP contribution in [-0.4, -0.2) is 33.3 Å². The summed E-state index contributed by atoms with van der Waals surface area (Å²) in [5.41, 5.74) is 1.24. The summed E-state index contributed by atoms with van der Waals surface area (Å²) in [6.45, 7) is 9.00. The zero-order valence-corrected chi connectivity index (χ0v) is 10.9. The number of piperidine rings is 1. The van der Waals surface area contributed by atoms with Crippen molar-refractivity contribution in [3.63, 3.8) is 0 Å². The van der Waals surface area contributed by atoms with Crippen LogP contribution in [0, 0.1) is 5.92 Å². The van der Waals surface area contributed by atoms with E-state index in [4.69, 9.17) is 0 Å². The Labute approximate surface area is 103 Å². The number of carbonyl (C=O) groups is 1. The maximum atomic E-state index is 11.5. The lowest BCUT2D eigenvalue weighted by Gasteiger charge is -2.30. The van der Waals surface area contributed by atoms with Crippen molar-refractivity contribution in [3.05, 3.63) is 18.2 Å². The molecule has 0 spiro atoms. The van der Waals surface area contributed by atoms with Crippen molar-refractivity contribution >= 4 is 5.78 Å². The summed E-state index contributed by atoms with van der Waals surface area (Å²) in [5.74, 6) is 0.581. The highest BCUT2D eigenvalue weighted by Crippen LogP contribution is 2.17. The molecule has 1 aromatic heterocycles. The summed E-state index contributed by atoms with van der Waals surface area (Å²) in [7, 11) is 0. The number of hydrogen-bond donors (Lipinski definition) is 0. The second-order valence-corrected chi connectivity index (χ2v) is 5.24. The average molecular weight is 235 g/mol. The highest BCUT2D eigenvalue weighted by molar-refractivity contribution is 5.81. The van der Waals surface area contributed by atoms with Crippen molar-refractivity contribution < 1.29 is 4.79 Å². The van der Waals surface area contributed by atoms with E-state index in [2.05, 4.69) is 28.3 Å². The molecule has 17 heavy (non-hydrogen) atoms. The molecule has 1 saturated heterocycles. The summed E-state index contributed by atoms with van der Waals surface area (Å²) in [6, 6.07) is 0.441. The van der Waals surface area contributed by atoms with Crippen LogP contribution in [0.4, 0.5) is 0 Å². The van der Waals surface area contributed by atoms with Crippen molar-refractivity contribution in [2.24, 2.45) is 5.92 Å². The smallest absolute Gasteiger partial charge is 0.138 e. The molecule has 0 saturated carbocycles. The van der Waals surface area contributed by atoms with Crippen LogP contribution in [0.2, 0.25) is 0 Å². The number of hydrogen-bond acceptors (Lipinski definition) is 3. The number of nitrogens with zero attached hydrogens (tertiary/aromatic N) is 3. The van der Waals surface area contributed by atoms with Gasteiger partial charge in [-0.15, -0.1) is 0 Å². The Bertz CT molecular complexity index is 397. The first-order valence-electron chi connectivity index (χ1n) is 6.33. The minimum atomic E-state index is 0.180. The maximum Gasteiger partial charge on any atom is 0.138 e. The molecule has 4 heteroatoms. The van der Waals surface area contributed by atoms with Crippen LogP contribution < -0.4 is 0 Å². The quantitative estimate of drug-likeness (QED) is 0.803. The predicted molar refractivity (Wildman–Crippen MR) is 66.7 cm³/mol. The minimum absolute atomic E-state index is 0.180. The monoisotopic (exact) mass is 235 g/mol. The normalized spacial score (nSPS) is 22.4. The van der Waals surface area contributed by atoms with Gasteiger partial charge >= 0.3 is 0 Å². The molecule has 2 heterocycles. The van der Waals surface area contributed by atoms with Crippen LogP contribution in [0.3, 0.4) is 0 Å². The fourth-order valence-corrected chi connectivity index (χ4v) is 2.39. The lowest BCUT2D eigenvalue weighted by atomic mass is 9.98. The molecule has 4 nitrogen and oxygen atoms in total. The SMILES string of the molecule is CC1CN(Cc2cncn2C(C)C)CCC1=O. The number of ketones is 1. The van der Waals surface area contributed by atoms with Gasteiger partial charge in [-0.3, -0.25) is 9.69 Å². The molecule has 0 aromatic carbocycles. The van der Waals surface area contributed by atoms with Gasteiger partial charge in [0.2, 0.25) is 0 Å². The third-order valence-corrected chi connectivity index (χ3v) is 3.44. The Hall–Kier alpha value is -1.16. The first kappa shape index (κ1) is 12.3. The largest absolute Gasteiger partial charge is 0.331 e. The molecule has 0 bridgehead atoms. The Kier molecular flexibility index (Phi) is 3.62. The summed E-state index contributed by atoms with van der Waals surface area (Å²) >= 11 is 0. The lowest BCUT2D eigenvalue weighted by molar-refractivity contribution is -0.125. The topological polar surface area (TPSA) is 38.1 Å². The van der Waals surface area contributed by atoms with Gasteiger partial charge in [0.1, 0.15) is 5.78 Å². The summed E-state index contributed by atoms with van der Waals surface area (Å²) in [6.07, 6.45) is 4.51. The Morgan fingerprint density at radius 1 is 1.53 bits per heavy atom. The first-order valence-corrected chi connectivity index (χ1v) is 6.33. The Balaban J connectivity index is 2.01.